The molecule has 0 saturated carbocycles. The number of imide groups is 1. The number of carbonyl (C=O) groups excluding carboxylic acids is 2. The predicted octanol–water partition coefficient (Wildman–Crippen LogP) is 3.05. The Kier molecular flexibility index (Phi) is 6.72. The highest BCUT2D eigenvalue weighted by Gasteiger charge is 2.35. The predicted molar refractivity (Wildman–Crippen MR) is 115 cm³/mol. The summed E-state index contributed by atoms with van der Waals surface area (Å²) in [6.45, 7) is 6.08. The van der Waals surface area contributed by atoms with Crippen LogP contribution in [0.5, 0.6) is 0 Å². The van der Waals surface area contributed by atoms with Crippen LogP contribution in [0.25, 0.3) is 11.3 Å². The Morgan fingerprint density at radius 3 is 2.47 bits per heavy atom. The zero-order valence-corrected chi connectivity index (χ0v) is 17.7. The number of amides is 3. The molecule has 160 valence electrons. The summed E-state index contributed by atoms with van der Waals surface area (Å²) in [5.41, 5.74) is 0.917. The molecule has 3 amide bonds. The molecular formula is C22H27ClN4O3. The van der Waals surface area contributed by atoms with E-state index in [1.807, 2.05) is 36.4 Å². The molecule has 8 heteroatoms. The van der Waals surface area contributed by atoms with Crippen molar-refractivity contribution in [2.45, 2.75) is 19.4 Å². The summed E-state index contributed by atoms with van der Waals surface area (Å²) in [5.74, 6) is 1.23. The Hall–Kier alpha value is -2.35. The first kappa shape index (κ1) is 20.9. The number of nitrogens with zero attached hydrogens (tertiary/aromatic N) is 3. The van der Waals surface area contributed by atoms with Crippen LogP contribution in [-0.2, 0) is 11.3 Å². The fraction of sp³-hybridized carbons (Fsp3) is 0.455. The minimum Gasteiger partial charge on any atom is -0.459 e. The van der Waals surface area contributed by atoms with Crippen LogP contribution in [0.15, 0.2) is 40.8 Å². The quantitative estimate of drug-likeness (QED) is 0.515. The highest BCUT2D eigenvalue weighted by molar-refractivity contribution is 6.30. The minimum atomic E-state index is -0.230. The van der Waals surface area contributed by atoms with Crippen molar-refractivity contribution in [3.8, 4) is 11.3 Å². The molecule has 0 aliphatic carbocycles. The molecule has 1 N–H and O–H groups in total. The van der Waals surface area contributed by atoms with E-state index in [0.29, 0.717) is 23.1 Å². The van der Waals surface area contributed by atoms with E-state index in [4.69, 9.17) is 16.0 Å². The van der Waals surface area contributed by atoms with Gasteiger partial charge in [0.05, 0.1) is 6.54 Å². The van der Waals surface area contributed by atoms with E-state index in [1.165, 1.54) is 4.90 Å². The van der Waals surface area contributed by atoms with Crippen LogP contribution in [0.3, 0.4) is 0 Å². The van der Waals surface area contributed by atoms with E-state index >= 15 is 0 Å². The number of urea groups is 1. The lowest BCUT2D eigenvalue weighted by Gasteiger charge is -2.27. The fourth-order valence-electron chi connectivity index (χ4n) is 3.90. The maximum absolute atomic E-state index is 12.7. The molecular weight excluding hydrogens is 404 g/mol. The third kappa shape index (κ3) is 5.03. The Balaban J connectivity index is 1.27. The van der Waals surface area contributed by atoms with Crippen molar-refractivity contribution in [2.75, 3.05) is 45.8 Å². The Morgan fingerprint density at radius 2 is 1.70 bits per heavy atom. The second-order valence-electron chi connectivity index (χ2n) is 7.76. The van der Waals surface area contributed by atoms with Crippen molar-refractivity contribution in [1.82, 2.24) is 20.0 Å². The Bertz CT molecular complexity index is 877. The van der Waals surface area contributed by atoms with Gasteiger partial charge in [-0.15, -0.1) is 0 Å². The van der Waals surface area contributed by atoms with Crippen LogP contribution in [-0.4, -0.2) is 72.5 Å². The molecule has 7 nitrogen and oxygen atoms in total. The van der Waals surface area contributed by atoms with Crippen molar-refractivity contribution in [2.24, 2.45) is 0 Å². The number of benzene rings is 1. The molecule has 0 spiro atoms. The van der Waals surface area contributed by atoms with Gasteiger partial charge in [-0.2, -0.15) is 0 Å². The largest absolute Gasteiger partial charge is 0.459 e. The standard InChI is InChI=1S/C22H27ClN4O3/c23-18-5-3-17(4-6-18)20-8-7-19(30-20)15-26-16-21(28)27(22(26)29)12-2-1-11-25-13-9-24-10-14-25/h3-8,24H,1-2,9-16H2. The monoisotopic (exact) mass is 430 g/mol. The summed E-state index contributed by atoms with van der Waals surface area (Å²) in [6.07, 6.45) is 1.82. The number of unbranched alkanes of at least 4 members (excludes halogenated alkanes) is 1. The molecule has 2 aliphatic heterocycles. The summed E-state index contributed by atoms with van der Waals surface area (Å²) in [5, 5.41) is 4.01. The lowest BCUT2D eigenvalue weighted by molar-refractivity contribution is -0.125. The number of furan rings is 1. The van der Waals surface area contributed by atoms with Crippen LogP contribution in [0.2, 0.25) is 5.02 Å². The van der Waals surface area contributed by atoms with Crippen molar-refractivity contribution >= 4 is 23.5 Å². The topological polar surface area (TPSA) is 69.0 Å². The first-order valence-corrected chi connectivity index (χ1v) is 10.8. The van der Waals surface area contributed by atoms with Crippen LogP contribution in [0.1, 0.15) is 18.6 Å². The summed E-state index contributed by atoms with van der Waals surface area (Å²) in [6, 6.07) is 10.9. The molecule has 0 bridgehead atoms. The molecule has 3 heterocycles. The number of halogens is 1. The molecule has 2 aliphatic rings. The highest BCUT2D eigenvalue weighted by Crippen LogP contribution is 2.25. The highest BCUT2D eigenvalue weighted by atomic mass is 35.5. The number of piperazine rings is 1. The van der Waals surface area contributed by atoms with E-state index in [0.717, 1.165) is 51.1 Å². The van der Waals surface area contributed by atoms with Crippen molar-refractivity contribution in [3.63, 3.8) is 0 Å². The second-order valence-corrected chi connectivity index (χ2v) is 8.19. The van der Waals surface area contributed by atoms with Crippen molar-refractivity contribution in [3.05, 3.63) is 47.2 Å². The average molecular weight is 431 g/mol. The molecule has 30 heavy (non-hydrogen) atoms. The third-order valence-corrected chi connectivity index (χ3v) is 5.83. The fourth-order valence-corrected chi connectivity index (χ4v) is 4.02. The molecule has 0 radical (unpaired) electrons. The van der Waals surface area contributed by atoms with Crippen LogP contribution >= 0.6 is 11.6 Å². The average Bonchev–Trinajstić information content (AvgIpc) is 3.32. The van der Waals surface area contributed by atoms with Gasteiger partial charge >= 0.3 is 6.03 Å². The second kappa shape index (κ2) is 9.64. The minimum absolute atomic E-state index is 0.105. The van der Waals surface area contributed by atoms with Gasteiger partial charge in [0.15, 0.2) is 0 Å². The zero-order valence-electron chi connectivity index (χ0n) is 17.0. The SMILES string of the molecule is O=C1CN(Cc2ccc(-c3ccc(Cl)cc3)o2)C(=O)N1CCCCN1CCNCC1. The molecule has 2 saturated heterocycles. The van der Waals surface area contributed by atoms with Gasteiger partial charge in [-0.25, -0.2) is 4.79 Å². The first-order valence-electron chi connectivity index (χ1n) is 10.5. The van der Waals surface area contributed by atoms with Gasteiger partial charge in [0, 0.05) is 43.3 Å². The summed E-state index contributed by atoms with van der Waals surface area (Å²) in [7, 11) is 0. The first-order chi connectivity index (χ1) is 14.6. The van der Waals surface area contributed by atoms with Gasteiger partial charge < -0.3 is 19.5 Å². The number of nitrogens with one attached hydrogen (secondary N) is 1. The zero-order chi connectivity index (χ0) is 20.9. The van der Waals surface area contributed by atoms with Crippen LogP contribution in [0.4, 0.5) is 4.79 Å². The van der Waals surface area contributed by atoms with Gasteiger partial charge in [-0.1, -0.05) is 11.6 Å². The number of carbonyl (C=O) groups is 2. The molecule has 0 atom stereocenters. The van der Waals surface area contributed by atoms with Crippen LogP contribution < -0.4 is 5.32 Å². The van der Waals surface area contributed by atoms with Gasteiger partial charge in [0.25, 0.3) is 0 Å². The molecule has 0 unspecified atom stereocenters. The van der Waals surface area contributed by atoms with Gasteiger partial charge in [-0.05, 0) is 55.8 Å². The maximum atomic E-state index is 12.7. The summed E-state index contributed by atoms with van der Waals surface area (Å²) >= 11 is 5.93. The lowest BCUT2D eigenvalue weighted by Crippen LogP contribution is -2.43. The summed E-state index contributed by atoms with van der Waals surface area (Å²) < 4.78 is 5.88. The number of hydrogen-bond acceptors (Lipinski definition) is 5. The van der Waals surface area contributed by atoms with E-state index in [9.17, 15) is 9.59 Å². The normalized spacial score (nSPS) is 17.9. The van der Waals surface area contributed by atoms with Crippen LogP contribution in [0, 0.1) is 0 Å². The van der Waals surface area contributed by atoms with Crippen molar-refractivity contribution < 1.29 is 14.0 Å². The third-order valence-electron chi connectivity index (χ3n) is 5.58. The summed E-state index contributed by atoms with van der Waals surface area (Å²) in [4.78, 5) is 30.4. The Labute approximate surface area is 181 Å². The molecule has 2 aromatic rings. The van der Waals surface area contributed by atoms with E-state index < -0.39 is 0 Å². The van der Waals surface area contributed by atoms with E-state index in [1.54, 1.807) is 4.90 Å². The maximum Gasteiger partial charge on any atom is 0.327 e. The molecule has 1 aromatic carbocycles. The molecule has 4 rings (SSSR count). The smallest absolute Gasteiger partial charge is 0.327 e. The number of rotatable bonds is 8. The van der Waals surface area contributed by atoms with E-state index in [2.05, 4.69) is 10.2 Å². The van der Waals surface area contributed by atoms with Crippen molar-refractivity contribution in [1.29, 1.82) is 0 Å². The Morgan fingerprint density at radius 1 is 0.967 bits per heavy atom. The lowest BCUT2D eigenvalue weighted by atomic mass is 10.2. The van der Waals surface area contributed by atoms with Gasteiger partial charge in [0.2, 0.25) is 5.91 Å². The molecule has 2 fully saturated rings. The van der Waals surface area contributed by atoms with Gasteiger partial charge in [0.1, 0.15) is 18.1 Å². The number of hydrogen-bond donors (Lipinski definition) is 1. The molecule has 1 aromatic heterocycles. The van der Waals surface area contributed by atoms with E-state index in [-0.39, 0.29) is 25.0 Å². The van der Waals surface area contributed by atoms with Gasteiger partial charge in [-0.3, -0.25) is 9.69 Å².